The van der Waals surface area contributed by atoms with E-state index in [0.29, 0.717) is 5.56 Å². The fourth-order valence-electron chi connectivity index (χ4n) is 1.47. The zero-order chi connectivity index (χ0) is 10.8. The van der Waals surface area contributed by atoms with Crippen molar-refractivity contribution in [3.8, 4) is 0 Å². The van der Waals surface area contributed by atoms with Gasteiger partial charge in [0.05, 0.1) is 7.11 Å². The first kappa shape index (κ1) is 10.1. The molecule has 15 heavy (non-hydrogen) atoms. The summed E-state index contributed by atoms with van der Waals surface area (Å²) >= 11 is 1.17. The van der Waals surface area contributed by atoms with Crippen LogP contribution in [0.2, 0.25) is 0 Å². The fraction of sp³-hybridized carbons (Fsp3) is 0.0909. The summed E-state index contributed by atoms with van der Waals surface area (Å²) < 4.78 is 4.96. The number of hydrogen-bond acceptors (Lipinski definition) is 4. The summed E-state index contributed by atoms with van der Waals surface area (Å²) in [6, 6.07) is 7.25. The topological polar surface area (TPSA) is 50.1 Å². The minimum Gasteiger partial charge on any atom is -0.314 e. The Kier molecular flexibility index (Phi) is 2.70. The molecular formula is C11H9NO2S. The Bertz CT molecular complexity index is 465. The van der Waals surface area contributed by atoms with Crippen molar-refractivity contribution in [2.24, 2.45) is 0 Å². The van der Waals surface area contributed by atoms with Gasteiger partial charge in [-0.1, -0.05) is 24.3 Å². The van der Waals surface area contributed by atoms with Gasteiger partial charge in [0.15, 0.2) is 0 Å². The number of Topliss-reactive ketones (excluding diaryl/α,β-unsaturated/α-hetero) is 1. The molecule has 0 aromatic heterocycles. The SMILES string of the molecule is COSC1=CC(=N)C(=O)c2ccccc21. The molecule has 0 fully saturated rings. The summed E-state index contributed by atoms with van der Waals surface area (Å²) in [5, 5.41) is 7.54. The highest BCUT2D eigenvalue weighted by atomic mass is 32.2. The van der Waals surface area contributed by atoms with Crippen molar-refractivity contribution in [3.63, 3.8) is 0 Å². The van der Waals surface area contributed by atoms with E-state index < -0.39 is 0 Å². The highest BCUT2D eigenvalue weighted by Gasteiger charge is 2.22. The molecule has 1 aromatic rings. The van der Waals surface area contributed by atoms with Gasteiger partial charge in [0.1, 0.15) is 5.71 Å². The van der Waals surface area contributed by atoms with Gasteiger partial charge in [0.2, 0.25) is 5.78 Å². The first-order valence-corrected chi connectivity index (χ1v) is 5.13. The van der Waals surface area contributed by atoms with Gasteiger partial charge in [0, 0.05) is 28.1 Å². The van der Waals surface area contributed by atoms with Crippen molar-refractivity contribution in [1.82, 2.24) is 0 Å². The van der Waals surface area contributed by atoms with Crippen LogP contribution >= 0.6 is 12.0 Å². The third-order valence-electron chi connectivity index (χ3n) is 2.13. The smallest absolute Gasteiger partial charge is 0.211 e. The molecule has 0 atom stereocenters. The van der Waals surface area contributed by atoms with Crippen molar-refractivity contribution in [2.45, 2.75) is 0 Å². The second kappa shape index (κ2) is 4.00. The van der Waals surface area contributed by atoms with E-state index in [1.807, 2.05) is 12.1 Å². The van der Waals surface area contributed by atoms with E-state index in [-0.39, 0.29) is 11.5 Å². The Morgan fingerprint density at radius 1 is 1.27 bits per heavy atom. The summed E-state index contributed by atoms with van der Waals surface area (Å²) in [5.74, 6) is -0.231. The number of fused-ring (bicyclic) bond motifs is 1. The van der Waals surface area contributed by atoms with E-state index in [1.54, 1.807) is 25.3 Å². The molecule has 0 aliphatic heterocycles. The van der Waals surface area contributed by atoms with Crippen LogP contribution < -0.4 is 0 Å². The van der Waals surface area contributed by atoms with Crippen molar-refractivity contribution >= 4 is 28.4 Å². The molecule has 0 radical (unpaired) electrons. The van der Waals surface area contributed by atoms with Crippen LogP contribution in [0.3, 0.4) is 0 Å². The van der Waals surface area contributed by atoms with Gasteiger partial charge >= 0.3 is 0 Å². The molecule has 0 bridgehead atoms. The zero-order valence-electron chi connectivity index (χ0n) is 8.11. The van der Waals surface area contributed by atoms with Gasteiger partial charge in [-0.15, -0.1) is 0 Å². The number of hydrogen-bond donors (Lipinski definition) is 1. The maximum atomic E-state index is 11.6. The second-order valence-corrected chi connectivity index (χ2v) is 3.99. The summed E-state index contributed by atoms with van der Waals surface area (Å²) in [5.41, 5.74) is 1.42. The Hall–Kier alpha value is -1.39. The van der Waals surface area contributed by atoms with Crippen LogP contribution in [0.15, 0.2) is 30.3 Å². The molecule has 1 N–H and O–H groups in total. The van der Waals surface area contributed by atoms with Gasteiger partial charge in [-0.2, -0.15) is 0 Å². The summed E-state index contributed by atoms with van der Waals surface area (Å²) in [7, 11) is 1.56. The van der Waals surface area contributed by atoms with E-state index >= 15 is 0 Å². The normalized spacial score (nSPS) is 14.9. The molecule has 0 spiro atoms. The Morgan fingerprint density at radius 2 is 1.93 bits per heavy atom. The molecule has 4 heteroatoms. The van der Waals surface area contributed by atoms with Crippen LogP contribution in [0.5, 0.6) is 0 Å². The zero-order valence-corrected chi connectivity index (χ0v) is 8.93. The van der Waals surface area contributed by atoms with Crippen molar-refractivity contribution in [3.05, 3.63) is 41.5 Å². The van der Waals surface area contributed by atoms with Gasteiger partial charge in [-0.3, -0.25) is 10.2 Å². The van der Waals surface area contributed by atoms with Gasteiger partial charge in [0.25, 0.3) is 0 Å². The first-order chi connectivity index (χ1) is 7.24. The number of nitrogens with one attached hydrogen (secondary N) is 1. The van der Waals surface area contributed by atoms with Crippen LogP contribution in [0.4, 0.5) is 0 Å². The maximum absolute atomic E-state index is 11.6. The summed E-state index contributed by atoms with van der Waals surface area (Å²) in [4.78, 5) is 12.5. The van der Waals surface area contributed by atoms with Crippen LogP contribution in [0.1, 0.15) is 15.9 Å². The highest BCUT2D eigenvalue weighted by Crippen LogP contribution is 2.33. The average molecular weight is 219 g/mol. The summed E-state index contributed by atoms with van der Waals surface area (Å²) in [6.45, 7) is 0. The van der Waals surface area contributed by atoms with Gasteiger partial charge in [-0.05, 0) is 6.08 Å². The quantitative estimate of drug-likeness (QED) is 0.777. The molecule has 1 aromatic carbocycles. The monoisotopic (exact) mass is 219 g/mol. The Labute approximate surface area is 91.9 Å². The van der Waals surface area contributed by atoms with Crippen molar-refractivity contribution in [2.75, 3.05) is 7.11 Å². The number of allylic oxidation sites excluding steroid dienone is 1. The van der Waals surface area contributed by atoms with E-state index in [9.17, 15) is 4.79 Å². The number of benzene rings is 1. The van der Waals surface area contributed by atoms with E-state index in [1.165, 1.54) is 12.0 Å². The van der Waals surface area contributed by atoms with Crippen LogP contribution in [0.25, 0.3) is 4.91 Å². The Balaban J connectivity index is 2.55. The molecule has 0 heterocycles. The number of ketones is 1. The maximum Gasteiger partial charge on any atom is 0.211 e. The second-order valence-electron chi connectivity index (χ2n) is 3.05. The molecule has 3 nitrogen and oxygen atoms in total. The minimum atomic E-state index is -0.231. The Morgan fingerprint density at radius 3 is 2.60 bits per heavy atom. The molecule has 76 valence electrons. The standard InChI is InChI=1S/C11H9NO2S/c1-14-15-10-6-9(12)11(13)8-5-3-2-4-7(8)10/h2-6,12H,1H3. The molecule has 0 unspecified atom stereocenters. The fourth-order valence-corrected chi connectivity index (χ4v) is 2.09. The molecule has 0 amide bonds. The lowest BCUT2D eigenvalue weighted by Crippen LogP contribution is -2.17. The molecule has 2 rings (SSSR count). The summed E-state index contributed by atoms with van der Waals surface area (Å²) in [6.07, 6.45) is 1.54. The minimum absolute atomic E-state index is 0.00764. The molecule has 0 saturated heterocycles. The average Bonchev–Trinajstić information content (AvgIpc) is 2.26. The lowest BCUT2D eigenvalue weighted by atomic mass is 9.95. The van der Waals surface area contributed by atoms with Crippen LogP contribution in [-0.4, -0.2) is 18.6 Å². The van der Waals surface area contributed by atoms with Gasteiger partial charge < -0.3 is 4.18 Å². The molecular weight excluding hydrogens is 210 g/mol. The van der Waals surface area contributed by atoms with E-state index in [0.717, 1.165) is 10.5 Å². The van der Waals surface area contributed by atoms with Crippen LogP contribution in [-0.2, 0) is 4.18 Å². The molecule has 0 saturated carbocycles. The van der Waals surface area contributed by atoms with E-state index in [2.05, 4.69) is 0 Å². The van der Waals surface area contributed by atoms with Crippen molar-refractivity contribution < 1.29 is 8.98 Å². The van der Waals surface area contributed by atoms with E-state index in [4.69, 9.17) is 9.59 Å². The molecule has 1 aliphatic carbocycles. The highest BCUT2D eigenvalue weighted by molar-refractivity contribution is 8.04. The van der Waals surface area contributed by atoms with Gasteiger partial charge in [-0.25, -0.2) is 0 Å². The lowest BCUT2D eigenvalue weighted by Gasteiger charge is -2.15. The predicted molar refractivity (Wildman–Crippen MR) is 61.1 cm³/mol. The predicted octanol–water partition coefficient (Wildman–Crippen LogP) is 2.54. The number of carbonyl (C=O) groups excluding carboxylic acids is 1. The lowest BCUT2D eigenvalue weighted by molar-refractivity contribution is 0.106. The largest absolute Gasteiger partial charge is 0.314 e. The third kappa shape index (κ3) is 1.73. The third-order valence-corrected chi connectivity index (χ3v) is 2.81. The number of rotatable bonds is 2. The van der Waals surface area contributed by atoms with Crippen molar-refractivity contribution in [1.29, 1.82) is 5.41 Å². The number of carbonyl (C=O) groups is 1. The van der Waals surface area contributed by atoms with Crippen LogP contribution in [0, 0.1) is 5.41 Å². The first-order valence-electron chi connectivity index (χ1n) is 4.39. The molecule has 1 aliphatic rings.